The maximum atomic E-state index is 4.07. The molecule has 0 saturated carbocycles. The maximum absolute atomic E-state index is 4.07. The van der Waals surface area contributed by atoms with Crippen LogP contribution in [-0.2, 0) is 0 Å². The van der Waals surface area contributed by atoms with Gasteiger partial charge in [0.05, 0.1) is 6.34 Å². The Bertz CT molecular complexity index is 255. The molecule has 0 atom stereocenters. The molecule has 0 aliphatic carbocycles. The normalized spacial score (nSPS) is 10.4. The van der Waals surface area contributed by atoms with E-state index in [4.69, 9.17) is 0 Å². The molecule has 0 radical (unpaired) electrons. The molecule has 1 aromatic heterocycles. The van der Waals surface area contributed by atoms with Gasteiger partial charge in [-0.1, -0.05) is 0 Å². The molecule has 58 valence electrons. The van der Waals surface area contributed by atoms with Gasteiger partial charge in [0.2, 0.25) is 0 Å². The number of rotatable bonds is 2. The van der Waals surface area contributed by atoms with E-state index in [0.29, 0.717) is 0 Å². The smallest absolute Gasteiger partial charge is 0.131 e. The van der Waals surface area contributed by atoms with Crippen molar-refractivity contribution in [1.29, 1.82) is 0 Å². The zero-order valence-corrected chi connectivity index (χ0v) is 6.70. The Balaban J connectivity index is 2.71. The van der Waals surface area contributed by atoms with E-state index in [1.165, 1.54) is 5.56 Å². The standard InChI is InChI=1S/C8H11N3/c1-7-3-4-10-8(5-7)11-6-9-2/h3-6H,1-2H3,(H,9,10,11). The molecule has 1 rings (SSSR count). The number of nitrogens with one attached hydrogen (secondary N) is 1. The molecule has 0 saturated heterocycles. The van der Waals surface area contributed by atoms with E-state index in [0.717, 1.165) is 5.82 Å². The van der Waals surface area contributed by atoms with Crippen LogP contribution in [-0.4, -0.2) is 18.4 Å². The van der Waals surface area contributed by atoms with Gasteiger partial charge in [0.15, 0.2) is 0 Å². The lowest BCUT2D eigenvalue weighted by molar-refractivity contribution is 1.28. The fourth-order valence-corrected chi connectivity index (χ4v) is 0.746. The average Bonchev–Trinajstić information content (AvgIpc) is 2.01. The van der Waals surface area contributed by atoms with Crippen LogP contribution >= 0.6 is 0 Å². The first kappa shape index (κ1) is 7.72. The van der Waals surface area contributed by atoms with Crippen molar-refractivity contribution < 1.29 is 0 Å². The highest BCUT2D eigenvalue weighted by Crippen LogP contribution is 2.03. The van der Waals surface area contributed by atoms with Crippen molar-refractivity contribution in [3.63, 3.8) is 0 Å². The second-order valence-corrected chi connectivity index (χ2v) is 2.25. The van der Waals surface area contributed by atoms with Crippen LogP contribution in [0.25, 0.3) is 0 Å². The molecule has 1 N–H and O–H groups in total. The minimum Gasteiger partial charge on any atom is -0.331 e. The van der Waals surface area contributed by atoms with Crippen molar-refractivity contribution in [2.75, 3.05) is 12.4 Å². The summed E-state index contributed by atoms with van der Waals surface area (Å²) in [5.74, 6) is 0.829. The van der Waals surface area contributed by atoms with Gasteiger partial charge in [-0.25, -0.2) is 4.98 Å². The van der Waals surface area contributed by atoms with Gasteiger partial charge >= 0.3 is 0 Å². The number of aromatic nitrogens is 1. The molecule has 0 unspecified atom stereocenters. The molecule has 0 aromatic carbocycles. The van der Waals surface area contributed by atoms with Crippen LogP contribution in [0, 0.1) is 6.92 Å². The minimum atomic E-state index is 0.829. The van der Waals surface area contributed by atoms with Gasteiger partial charge in [-0.2, -0.15) is 0 Å². The lowest BCUT2D eigenvalue weighted by Gasteiger charge is -1.98. The quantitative estimate of drug-likeness (QED) is 0.510. The summed E-state index contributed by atoms with van der Waals surface area (Å²) in [6, 6.07) is 3.91. The summed E-state index contributed by atoms with van der Waals surface area (Å²) in [5.41, 5.74) is 1.19. The molecular weight excluding hydrogens is 138 g/mol. The molecule has 0 fully saturated rings. The summed E-state index contributed by atoms with van der Waals surface area (Å²) in [6.07, 6.45) is 3.38. The van der Waals surface area contributed by atoms with Crippen molar-refractivity contribution >= 4 is 12.2 Å². The molecule has 3 heteroatoms. The lowest BCUT2D eigenvalue weighted by Crippen LogP contribution is -1.96. The third-order valence-electron chi connectivity index (χ3n) is 1.26. The molecular formula is C8H11N3. The second kappa shape index (κ2) is 3.71. The first-order valence-corrected chi connectivity index (χ1v) is 3.43. The van der Waals surface area contributed by atoms with Crippen molar-refractivity contribution in [3.8, 4) is 0 Å². The zero-order chi connectivity index (χ0) is 8.10. The monoisotopic (exact) mass is 149 g/mol. The number of anilines is 1. The van der Waals surface area contributed by atoms with Gasteiger partial charge in [-0.05, 0) is 24.6 Å². The summed E-state index contributed by atoms with van der Waals surface area (Å²) in [5, 5.41) is 2.93. The number of hydrogen-bond donors (Lipinski definition) is 1. The van der Waals surface area contributed by atoms with Crippen molar-refractivity contribution in [3.05, 3.63) is 23.9 Å². The molecule has 1 aromatic rings. The first-order chi connectivity index (χ1) is 5.33. The predicted molar refractivity (Wildman–Crippen MR) is 47.0 cm³/mol. The highest BCUT2D eigenvalue weighted by atomic mass is 15.0. The van der Waals surface area contributed by atoms with E-state index in [1.807, 2.05) is 19.1 Å². The summed E-state index contributed by atoms with van der Waals surface area (Å²) >= 11 is 0. The van der Waals surface area contributed by atoms with E-state index in [9.17, 15) is 0 Å². The molecule has 3 nitrogen and oxygen atoms in total. The lowest BCUT2D eigenvalue weighted by atomic mass is 10.3. The summed E-state index contributed by atoms with van der Waals surface area (Å²) in [4.78, 5) is 7.86. The van der Waals surface area contributed by atoms with Gasteiger partial charge in [0.1, 0.15) is 5.82 Å². The Morgan fingerprint density at radius 3 is 3.09 bits per heavy atom. The fourth-order valence-electron chi connectivity index (χ4n) is 0.746. The minimum absolute atomic E-state index is 0.829. The van der Waals surface area contributed by atoms with Gasteiger partial charge in [0, 0.05) is 13.2 Å². The Kier molecular flexibility index (Phi) is 2.60. The van der Waals surface area contributed by atoms with Crippen LogP contribution in [0.15, 0.2) is 23.3 Å². The van der Waals surface area contributed by atoms with Gasteiger partial charge in [-0.3, -0.25) is 4.99 Å². The molecule has 0 aliphatic rings. The topological polar surface area (TPSA) is 37.3 Å². The van der Waals surface area contributed by atoms with Crippen LogP contribution in [0.1, 0.15) is 5.56 Å². The van der Waals surface area contributed by atoms with Crippen molar-refractivity contribution in [1.82, 2.24) is 4.98 Å². The third-order valence-corrected chi connectivity index (χ3v) is 1.26. The van der Waals surface area contributed by atoms with Crippen LogP contribution in [0.4, 0.5) is 5.82 Å². The fraction of sp³-hybridized carbons (Fsp3) is 0.250. The van der Waals surface area contributed by atoms with Gasteiger partial charge in [0.25, 0.3) is 0 Å². The number of pyridine rings is 1. The van der Waals surface area contributed by atoms with Crippen molar-refractivity contribution in [2.45, 2.75) is 6.92 Å². The highest BCUT2D eigenvalue weighted by Gasteiger charge is 1.88. The molecule has 0 bridgehead atoms. The Hall–Kier alpha value is -1.38. The first-order valence-electron chi connectivity index (χ1n) is 3.43. The van der Waals surface area contributed by atoms with Crippen LogP contribution < -0.4 is 5.32 Å². The second-order valence-electron chi connectivity index (χ2n) is 2.25. The summed E-state index contributed by atoms with van der Waals surface area (Å²) in [7, 11) is 1.71. The molecule has 11 heavy (non-hydrogen) atoms. The average molecular weight is 149 g/mol. The third kappa shape index (κ3) is 2.37. The van der Waals surface area contributed by atoms with Gasteiger partial charge < -0.3 is 5.32 Å². The Morgan fingerprint density at radius 2 is 2.45 bits per heavy atom. The van der Waals surface area contributed by atoms with Crippen molar-refractivity contribution in [2.24, 2.45) is 4.99 Å². The van der Waals surface area contributed by atoms with E-state index in [2.05, 4.69) is 15.3 Å². The van der Waals surface area contributed by atoms with E-state index in [1.54, 1.807) is 19.6 Å². The van der Waals surface area contributed by atoms with Gasteiger partial charge in [-0.15, -0.1) is 0 Å². The van der Waals surface area contributed by atoms with E-state index < -0.39 is 0 Å². The zero-order valence-electron chi connectivity index (χ0n) is 6.70. The van der Waals surface area contributed by atoms with E-state index >= 15 is 0 Å². The highest BCUT2D eigenvalue weighted by molar-refractivity contribution is 5.73. The number of hydrogen-bond acceptors (Lipinski definition) is 2. The molecule has 0 spiro atoms. The number of aliphatic imine (C=N–C) groups is 1. The summed E-state index contributed by atoms with van der Waals surface area (Å²) < 4.78 is 0. The number of aryl methyl sites for hydroxylation is 1. The van der Waals surface area contributed by atoms with Crippen LogP contribution in [0.5, 0.6) is 0 Å². The largest absolute Gasteiger partial charge is 0.331 e. The Morgan fingerprint density at radius 1 is 1.64 bits per heavy atom. The Labute approximate surface area is 66.2 Å². The maximum Gasteiger partial charge on any atom is 0.131 e. The predicted octanol–water partition coefficient (Wildman–Crippen LogP) is 1.46. The van der Waals surface area contributed by atoms with Crippen LogP contribution in [0.2, 0.25) is 0 Å². The SMILES string of the molecule is CN=CNc1cc(C)ccn1. The van der Waals surface area contributed by atoms with E-state index in [-0.39, 0.29) is 0 Å². The molecule has 0 aliphatic heterocycles. The number of nitrogens with zero attached hydrogens (tertiary/aromatic N) is 2. The molecule has 1 heterocycles. The summed E-state index contributed by atoms with van der Waals surface area (Å²) in [6.45, 7) is 2.02. The molecule has 0 amide bonds. The van der Waals surface area contributed by atoms with Crippen LogP contribution in [0.3, 0.4) is 0 Å².